The molecule has 1 atom stereocenters. The van der Waals surface area contributed by atoms with E-state index in [0.29, 0.717) is 26.1 Å². The maximum absolute atomic E-state index is 13.7. The Morgan fingerprint density at radius 3 is 2.42 bits per heavy atom. The lowest BCUT2D eigenvalue weighted by Crippen LogP contribution is -2.45. The molecule has 1 aliphatic carbocycles. The molecule has 1 aliphatic heterocycles. The molecule has 0 aromatic heterocycles. The second-order valence-electron chi connectivity index (χ2n) is 10.2. The summed E-state index contributed by atoms with van der Waals surface area (Å²) >= 11 is 0. The highest BCUT2D eigenvalue weighted by atomic mass is 19.3. The molecule has 33 heavy (non-hydrogen) atoms. The summed E-state index contributed by atoms with van der Waals surface area (Å²) in [4.78, 5) is 28.6. The Kier molecular flexibility index (Phi) is 8.19. The molecule has 1 aromatic rings. The number of carbonyl (C=O) groups is 2. The molecule has 3 rings (SSSR count). The van der Waals surface area contributed by atoms with E-state index in [1.54, 1.807) is 9.80 Å². The van der Waals surface area contributed by atoms with Gasteiger partial charge in [-0.25, -0.2) is 18.4 Å². The number of halogens is 2. The fraction of sp³-hybridized carbons (Fsp3) is 0.680. The quantitative estimate of drug-likeness (QED) is 0.528. The van der Waals surface area contributed by atoms with Crippen molar-refractivity contribution in [3.63, 3.8) is 0 Å². The van der Waals surface area contributed by atoms with Crippen LogP contribution < -0.4 is 0 Å². The fourth-order valence-electron chi connectivity index (χ4n) is 4.44. The highest BCUT2D eigenvalue weighted by Crippen LogP contribution is 2.35. The van der Waals surface area contributed by atoms with Crippen molar-refractivity contribution in [2.75, 3.05) is 19.6 Å². The number of benzene rings is 1. The van der Waals surface area contributed by atoms with Gasteiger partial charge < -0.3 is 19.3 Å². The van der Waals surface area contributed by atoms with Crippen LogP contribution in [0.1, 0.15) is 64.9 Å². The van der Waals surface area contributed by atoms with Crippen LogP contribution in [0.25, 0.3) is 0 Å². The summed E-state index contributed by atoms with van der Waals surface area (Å²) in [5.74, 6) is -2.43. The zero-order chi connectivity index (χ0) is 24.1. The van der Waals surface area contributed by atoms with Crippen LogP contribution in [0.2, 0.25) is 0 Å². The Balaban J connectivity index is 1.56. The fourth-order valence-corrected chi connectivity index (χ4v) is 4.44. The van der Waals surface area contributed by atoms with Gasteiger partial charge in [-0.15, -0.1) is 0 Å². The first-order chi connectivity index (χ1) is 15.5. The maximum atomic E-state index is 13.7. The van der Waals surface area contributed by atoms with E-state index in [1.165, 1.54) is 0 Å². The molecular weight excluding hydrogens is 430 g/mol. The third-order valence-corrected chi connectivity index (χ3v) is 6.28. The van der Waals surface area contributed by atoms with Gasteiger partial charge in [0.1, 0.15) is 12.2 Å². The third kappa shape index (κ3) is 7.86. The monoisotopic (exact) mass is 466 g/mol. The van der Waals surface area contributed by atoms with Gasteiger partial charge in [0.05, 0.1) is 0 Å². The molecule has 8 heteroatoms. The lowest BCUT2D eigenvalue weighted by atomic mass is 9.91. The van der Waals surface area contributed by atoms with Crippen molar-refractivity contribution in [1.29, 1.82) is 0 Å². The Bertz CT molecular complexity index is 787. The summed E-state index contributed by atoms with van der Waals surface area (Å²) < 4.78 is 38.4. The molecular formula is C25H36F2N2O4. The van der Waals surface area contributed by atoms with Crippen LogP contribution in [0.15, 0.2) is 30.3 Å². The second kappa shape index (κ2) is 10.7. The molecule has 6 nitrogen and oxygen atoms in total. The number of carbonyl (C=O) groups excluding carboxylic acids is 2. The van der Waals surface area contributed by atoms with E-state index >= 15 is 0 Å². The number of amides is 2. The topological polar surface area (TPSA) is 59.1 Å². The lowest BCUT2D eigenvalue weighted by molar-refractivity contribution is -0.0534. The number of rotatable bonds is 6. The molecule has 0 spiro atoms. The highest BCUT2D eigenvalue weighted by Gasteiger charge is 2.39. The van der Waals surface area contributed by atoms with E-state index in [1.807, 2.05) is 51.1 Å². The zero-order valence-electron chi connectivity index (χ0n) is 19.9. The molecule has 2 aliphatic rings. The maximum Gasteiger partial charge on any atom is 0.410 e. The minimum atomic E-state index is -2.66. The molecule has 1 heterocycles. The molecule has 0 N–H and O–H groups in total. The van der Waals surface area contributed by atoms with Crippen LogP contribution >= 0.6 is 0 Å². The van der Waals surface area contributed by atoms with Gasteiger partial charge in [0.25, 0.3) is 0 Å². The van der Waals surface area contributed by atoms with Gasteiger partial charge in [-0.3, -0.25) is 0 Å². The molecule has 2 fully saturated rings. The van der Waals surface area contributed by atoms with Gasteiger partial charge in [0.15, 0.2) is 0 Å². The highest BCUT2D eigenvalue weighted by molar-refractivity contribution is 5.69. The van der Waals surface area contributed by atoms with E-state index in [-0.39, 0.29) is 50.3 Å². The standard InChI is InChI=1S/C25H36F2N2O4/c1-24(2,3)33-22(30)28-15-11-19(17-28)12-16-29(21-9-13-25(26,27)14-10-21)23(31)32-18-20-7-5-4-6-8-20/h4-8,19,21H,9-18H2,1-3H3/t19-/m1/s1. The smallest absolute Gasteiger partial charge is 0.410 e. The molecule has 0 radical (unpaired) electrons. The van der Waals surface area contributed by atoms with Crippen molar-refractivity contribution in [1.82, 2.24) is 9.80 Å². The summed E-state index contributed by atoms with van der Waals surface area (Å²) in [5, 5.41) is 0. The van der Waals surface area contributed by atoms with Crippen molar-refractivity contribution < 1.29 is 27.8 Å². The molecule has 0 bridgehead atoms. The molecule has 2 amide bonds. The van der Waals surface area contributed by atoms with Crippen LogP contribution in [0.3, 0.4) is 0 Å². The molecule has 184 valence electrons. The van der Waals surface area contributed by atoms with Crippen molar-refractivity contribution in [2.45, 2.75) is 83.5 Å². The normalized spacial score (nSPS) is 21.0. The van der Waals surface area contributed by atoms with Gasteiger partial charge in [-0.2, -0.15) is 0 Å². The molecule has 1 aromatic carbocycles. The lowest BCUT2D eigenvalue weighted by Gasteiger charge is -2.36. The number of likely N-dealkylation sites (tertiary alicyclic amines) is 1. The van der Waals surface area contributed by atoms with Crippen molar-refractivity contribution in [3.05, 3.63) is 35.9 Å². The molecule has 1 saturated carbocycles. The predicted octanol–water partition coefficient (Wildman–Crippen LogP) is 5.85. The van der Waals surface area contributed by atoms with Gasteiger partial charge in [-0.1, -0.05) is 30.3 Å². The zero-order valence-corrected chi connectivity index (χ0v) is 19.9. The first-order valence-corrected chi connectivity index (χ1v) is 11.9. The van der Waals surface area contributed by atoms with Crippen LogP contribution in [0, 0.1) is 5.92 Å². The van der Waals surface area contributed by atoms with Gasteiger partial charge in [-0.05, 0) is 57.9 Å². The Labute approximate surface area is 195 Å². The van der Waals surface area contributed by atoms with E-state index in [2.05, 4.69) is 0 Å². The minimum Gasteiger partial charge on any atom is -0.445 e. The Morgan fingerprint density at radius 2 is 1.79 bits per heavy atom. The number of hydrogen-bond acceptors (Lipinski definition) is 4. The average Bonchev–Trinajstić information content (AvgIpc) is 3.22. The van der Waals surface area contributed by atoms with Crippen molar-refractivity contribution >= 4 is 12.2 Å². The number of nitrogens with zero attached hydrogens (tertiary/aromatic N) is 2. The van der Waals surface area contributed by atoms with E-state index in [9.17, 15) is 18.4 Å². The average molecular weight is 467 g/mol. The van der Waals surface area contributed by atoms with Crippen molar-refractivity contribution in [2.24, 2.45) is 5.92 Å². The first kappa shape index (κ1) is 25.2. The van der Waals surface area contributed by atoms with Crippen LogP contribution in [-0.2, 0) is 16.1 Å². The summed E-state index contributed by atoms with van der Waals surface area (Å²) in [5.41, 5.74) is 0.335. The van der Waals surface area contributed by atoms with Crippen LogP contribution in [0.5, 0.6) is 0 Å². The summed E-state index contributed by atoms with van der Waals surface area (Å²) in [6, 6.07) is 9.14. The summed E-state index contributed by atoms with van der Waals surface area (Å²) in [7, 11) is 0. The molecule has 1 saturated heterocycles. The second-order valence-corrected chi connectivity index (χ2v) is 10.2. The molecule has 0 unspecified atom stereocenters. The number of alkyl halides is 2. The van der Waals surface area contributed by atoms with Gasteiger partial charge in [0, 0.05) is 38.5 Å². The Morgan fingerprint density at radius 1 is 1.12 bits per heavy atom. The number of hydrogen-bond donors (Lipinski definition) is 0. The van der Waals surface area contributed by atoms with Crippen LogP contribution in [-0.4, -0.2) is 59.2 Å². The van der Waals surface area contributed by atoms with Gasteiger partial charge >= 0.3 is 12.2 Å². The first-order valence-electron chi connectivity index (χ1n) is 11.9. The minimum absolute atomic E-state index is 0.148. The van der Waals surface area contributed by atoms with E-state index < -0.39 is 17.6 Å². The SMILES string of the molecule is CC(C)(C)OC(=O)N1CC[C@H](CCN(C(=O)OCc2ccccc2)C2CCC(F)(F)CC2)C1. The summed E-state index contributed by atoms with van der Waals surface area (Å²) in [6.07, 6.45) is 0.840. The van der Waals surface area contributed by atoms with E-state index in [4.69, 9.17) is 9.47 Å². The largest absolute Gasteiger partial charge is 0.445 e. The van der Waals surface area contributed by atoms with Crippen LogP contribution in [0.4, 0.5) is 18.4 Å². The Hall–Kier alpha value is -2.38. The van der Waals surface area contributed by atoms with E-state index in [0.717, 1.165) is 12.0 Å². The number of ether oxygens (including phenoxy) is 2. The van der Waals surface area contributed by atoms with Gasteiger partial charge in [0.2, 0.25) is 5.92 Å². The predicted molar refractivity (Wildman–Crippen MR) is 121 cm³/mol. The van der Waals surface area contributed by atoms with Crippen molar-refractivity contribution in [3.8, 4) is 0 Å². The summed E-state index contributed by atoms with van der Waals surface area (Å²) in [6.45, 7) is 7.28. The third-order valence-electron chi connectivity index (χ3n) is 6.28.